The molecule has 0 saturated carbocycles. The molecule has 2 nitrogen and oxygen atoms in total. The van der Waals surface area contributed by atoms with Gasteiger partial charge in [0.25, 0.3) is 0 Å². The fourth-order valence-electron chi connectivity index (χ4n) is 6.40. The molecule has 0 aliphatic heterocycles. The molecule has 0 unspecified atom stereocenters. The third kappa shape index (κ3) is 10.6. The molecule has 10 heteroatoms. The van der Waals surface area contributed by atoms with Crippen LogP contribution in [0.25, 0.3) is 11.1 Å². The number of benzene rings is 6. The average Bonchev–Trinajstić information content (AvgIpc) is 3.14. The molecule has 6 aromatic carbocycles. The number of rotatable bonds is 15. The minimum Gasteiger partial charge on any atom is -0.308 e. The maximum absolute atomic E-state index is 6.19. The number of hydrogen-bond donors (Lipinski definition) is 0. The first-order chi connectivity index (χ1) is 25.1. The predicted octanol–water partition coefficient (Wildman–Crippen LogP) is 15.5. The summed E-state index contributed by atoms with van der Waals surface area (Å²) in [5.41, 5.74) is 10.9. The standard InChI is InChI=1S/C42H38Cl6N2Si2/c43-51(44,45)31-11-13-33-23-27-38(28-24-33)49(36-17-6-2-7-18-36)41-22-10-21-40(35-15-4-1-5-16-35)42(41)50(37-19-8-3-9-20-37)39-29-25-34(26-30-39)14-12-32-52(46,47)48/h1-10,15-30H,11-14,31-32H2. The highest BCUT2D eigenvalue weighted by molar-refractivity contribution is 7.65. The predicted molar refractivity (Wildman–Crippen MR) is 234 cm³/mol. The van der Waals surface area contributed by atoms with E-state index in [1.165, 1.54) is 11.1 Å². The van der Waals surface area contributed by atoms with Gasteiger partial charge in [0, 0.05) is 28.3 Å². The van der Waals surface area contributed by atoms with Crippen LogP contribution in [0.3, 0.4) is 0 Å². The Balaban J connectivity index is 1.51. The van der Waals surface area contributed by atoms with Gasteiger partial charge in [-0.1, -0.05) is 103 Å². The molecule has 0 aliphatic carbocycles. The lowest BCUT2D eigenvalue weighted by Crippen LogP contribution is -2.18. The van der Waals surface area contributed by atoms with E-state index in [1.54, 1.807) is 0 Å². The third-order valence-electron chi connectivity index (χ3n) is 8.83. The van der Waals surface area contributed by atoms with Crippen molar-refractivity contribution in [2.45, 2.75) is 37.8 Å². The van der Waals surface area contributed by atoms with E-state index in [1.807, 2.05) is 6.07 Å². The van der Waals surface area contributed by atoms with Gasteiger partial charge in [0.15, 0.2) is 0 Å². The number of nitrogens with zero attached hydrogens (tertiary/aromatic N) is 2. The van der Waals surface area contributed by atoms with Crippen molar-refractivity contribution in [1.82, 2.24) is 0 Å². The van der Waals surface area contributed by atoms with Crippen LogP contribution in [0.2, 0.25) is 12.1 Å². The highest BCUT2D eigenvalue weighted by Gasteiger charge is 2.27. The Morgan fingerprint density at radius 2 is 0.788 bits per heavy atom. The van der Waals surface area contributed by atoms with Crippen LogP contribution in [0.15, 0.2) is 158 Å². The van der Waals surface area contributed by atoms with Crippen LogP contribution in [0.4, 0.5) is 34.1 Å². The second kappa shape index (κ2) is 17.9. The monoisotopic (exact) mass is 836 g/mol. The molecule has 0 fully saturated rings. The molecule has 0 spiro atoms. The summed E-state index contributed by atoms with van der Waals surface area (Å²) in [5, 5.41) is 0. The molecule has 0 aromatic heterocycles. The minimum atomic E-state index is -2.67. The molecule has 0 amide bonds. The Kier molecular flexibility index (Phi) is 13.4. The number of aryl methyl sites for hydroxylation is 2. The lowest BCUT2D eigenvalue weighted by molar-refractivity contribution is 0.914. The van der Waals surface area contributed by atoms with Crippen LogP contribution in [0.5, 0.6) is 0 Å². The van der Waals surface area contributed by atoms with Crippen molar-refractivity contribution in [3.05, 3.63) is 169 Å². The van der Waals surface area contributed by atoms with Crippen molar-refractivity contribution >= 4 is 113 Å². The SMILES string of the molecule is Cl[Si](Cl)(Cl)CCCc1ccc(N(c2ccccc2)c2cccc(-c3ccccc3)c2N(c2ccccc2)c2ccc(CCC[Si](Cl)(Cl)Cl)cc2)cc1. The number of hydrogen-bond acceptors (Lipinski definition) is 2. The van der Waals surface area contributed by atoms with Crippen LogP contribution in [0.1, 0.15) is 24.0 Å². The molecule has 0 atom stereocenters. The number of anilines is 6. The number of halogens is 6. The van der Waals surface area contributed by atoms with E-state index in [-0.39, 0.29) is 0 Å². The molecule has 266 valence electrons. The summed E-state index contributed by atoms with van der Waals surface area (Å²) in [5.74, 6) is 0. The first kappa shape index (κ1) is 38.8. The summed E-state index contributed by atoms with van der Waals surface area (Å²) < 4.78 is 0. The topological polar surface area (TPSA) is 6.48 Å². The van der Waals surface area contributed by atoms with E-state index < -0.39 is 12.0 Å². The average molecular weight is 840 g/mol. The van der Waals surface area contributed by atoms with Crippen LogP contribution in [0, 0.1) is 0 Å². The number of para-hydroxylation sites is 3. The van der Waals surface area contributed by atoms with Crippen LogP contribution in [-0.4, -0.2) is 12.0 Å². The minimum absolute atomic E-state index is 0.635. The van der Waals surface area contributed by atoms with Crippen LogP contribution in [-0.2, 0) is 12.8 Å². The second-order valence-corrected chi connectivity index (χ2v) is 31.2. The van der Waals surface area contributed by atoms with Crippen molar-refractivity contribution in [3.63, 3.8) is 0 Å². The molecular formula is C42H38Cl6N2Si2. The van der Waals surface area contributed by atoms with Crippen LogP contribution >= 0.6 is 66.5 Å². The molecule has 0 radical (unpaired) electrons. The fraction of sp³-hybridized carbons (Fsp3) is 0.143. The Morgan fingerprint density at radius 3 is 1.25 bits per heavy atom. The smallest absolute Gasteiger partial charge is 0.308 e. The van der Waals surface area contributed by atoms with Gasteiger partial charge in [-0.25, -0.2) is 0 Å². The van der Waals surface area contributed by atoms with Crippen molar-refractivity contribution in [1.29, 1.82) is 0 Å². The van der Waals surface area contributed by atoms with Gasteiger partial charge in [-0.05, 0) is 109 Å². The molecule has 0 aliphatic rings. The van der Waals surface area contributed by atoms with Gasteiger partial charge in [0.2, 0.25) is 0 Å². The van der Waals surface area contributed by atoms with Gasteiger partial charge >= 0.3 is 12.0 Å². The molecule has 52 heavy (non-hydrogen) atoms. The summed E-state index contributed by atoms with van der Waals surface area (Å²) in [6, 6.07) is 51.7. The maximum Gasteiger partial charge on any atom is 0.341 e. The van der Waals surface area contributed by atoms with Crippen molar-refractivity contribution in [2.24, 2.45) is 0 Å². The Hall–Kier alpha value is -2.91. The molecular weight excluding hydrogens is 801 g/mol. The van der Waals surface area contributed by atoms with Gasteiger partial charge in [-0.3, -0.25) is 0 Å². The molecule has 0 heterocycles. The normalized spacial score (nSPS) is 11.7. The summed E-state index contributed by atoms with van der Waals surface area (Å²) in [7, 11) is 0. The van der Waals surface area contributed by atoms with Crippen LogP contribution < -0.4 is 9.80 Å². The summed E-state index contributed by atoms with van der Waals surface area (Å²) in [6.07, 6.45) is 3.38. The first-order valence-electron chi connectivity index (χ1n) is 17.3. The Morgan fingerprint density at radius 1 is 0.385 bits per heavy atom. The van der Waals surface area contributed by atoms with E-state index in [4.69, 9.17) is 66.5 Å². The largest absolute Gasteiger partial charge is 0.341 e. The molecule has 0 saturated heterocycles. The second-order valence-electron chi connectivity index (χ2n) is 12.7. The molecule has 6 aromatic rings. The Bertz CT molecular complexity index is 2000. The lowest BCUT2D eigenvalue weighted by atomic mass is 9.98. The van der Waals surface area contributed by atoms with Gasteiger partial charge < -0.3 is 9.80 Å². The highest BCUT2D eigenvalue weighted by atomic mass is 35.8. The van der Waals surface area contributed by atoms with E-state index >= 15 is 0 Å². The summed E-state index contributed by atoms with van der Waals surface area (Å²) in [4.78, 5) is 4.70. The van der Waals surface area contributed by atoms with E-state index in [9.17, 15) is 0 Å². The van der Waals surface area contributed by atoms with Gasteiger partial charge in [-0.2, -0.15) is 0 Å². The van der Waals surface area contributed by atoms with Crippen molar-refractivity contribution in [3.8, 4) is 11.1 Å². The first-order valence-corrected chi connectivity index (χ1v) is 27.7. The van der Waals surface area contributed by atoms with Crippen molar-refractivity contribution in [2.75, 3.05) is 9.80 Å². The highest BCUT2D eigenvalue weighted by Crippen LogP contribution is 2.50. The zero-order chi connectivity index (χ0) is 36.6. The van der Waals surface area contributed by atoms with E-state index in [0.29, 0.717) is 12.1 Å². The maximum atomic E-state index is 6.19. The molecule has 6 rings (SSSR count). The lowest BCUT2D eigenvalue weighted by Gasteiger charge is -2.35. The third-order valence-corrected chi connectivity index (χ3v) is 14.1. The molecule has 0 bridgehead atoms. The summed E-state index contributed by atoms with van der Waals surface area (Å²) >= 11 is 37.1. The van der Waals surface area contributed by atoms with Crippen molar-refractivity contribution < 1.29 is 0 Å². The van der Waals surface area contributed by atoms with Gasteiger partial charge in [0.05, 0.1) is 11.4 Å². The summed E-state index contributed by atoms with van der Waals surface area (Å²) in [6.45, 7) is 0. The fourth-order valence-corrected chi connectivity index (χ4v) is 9.96. The quantitative estimate of drug-likeness (QED) is 0.0751. The zero-order valence-electron chi connectivity index (χ0n) is 28.4. The zero-order valence-corrected chi connectivity index (χ0v) is 35.0. The van der Waals surface area contributed by atoms with Gasteiger partial charge in [-0.15, -0.1) is 66.5 Å². The van der Waals surface area contributed by atoms with E-state index in [2.05, 4.69) is 161 Å². The Labute approximate surface area is 337 Å². The van der Waals surface area contributed by atoms with Gasteiger partial charge in [0.1, 0.15) is 0 Å². The molecule has 0 N–H and O–H groups in total. The van der Waals surface area contributed by atoms with E-state index in [0.717, 1.165) is 70.9 Å².